The Bertz CT molecular complexity index is 296. The van der Waals surface area contributed by atoms with Crippen molar-refractivity contribution in [2.75, 3.05) is 20.1 Å². The Morgan fingerprint density at radius 3 is 3.00 bits per heavy atom. The molecule has 0 unspecified atom stereocenters. The fourth-order valence-electron chi connectivity index (χ4n) is 1.07. The SMILES string of the molecule is CNCC(=O)NCCc1nncn1C. The van der Waals surface area contributed by atoms with Crippen molar-refractivity contribution in [2.24, 2.45) is 7.05 Å². The Hall–Kier alpha value is -1.43. The van der Waals surface area contributed by atoms with Crippen molar-refractivity contribution >= 4 is 5.91 Å². The van der Waals surface area contributed by atoms with Crippen LogP contribution in [0.15, 0.2) is 6.33 Å². The molecule has 0 aromatic carbocycles. The highest BCUT2D eigenvalue weighted by Gasteiger charge is 2.01. The van der Waals surface area contributed by atoms with Gasteiger partial charge in [0.05, 0.1) is 6.54 Å². The monoisotopic (exact) mass is 197 g/mol. The van der Waals surface area contributed by atoms with Crippen LogP contribution in [0.5, 0.6) is 0 Å². The number of carbonyl (C=O) groups excluding carboxylic acids is 1. The molecule has 2 N–H and O–H groups in total. The largest absolute Gasteiger partial charge is 0.355 e. The average molecular weight is 197 g/mol. The summed E-state index contributed by atoms with van der Waals surface area (Å²) in [5.41, 5.74) is 0. The lowest BCUT2D eigenvalue weighted by Gasteiger charge is -2.03. The van der Waals surface area contributed by atoms with E-state index in [9.17, 15) is 4.79 Å². The van der Waals surface area contributed by atoms with Crippen molar-refractivity contribution in [2.45, 2.75) is 6.42 Å². The smallest absolute Gasteiger partial charge is 0.233 e. The van der Waals surface area contributed by atoms with Gasteiger partial charge in [-0.1, -0.05) is 0 Å². The lowest BCUT2D eigenvalue weighted by Crippen LogP contribution is -2.33. The molecule has 1 aromatic rings. The van der Waals surface area contributed by atoms with Crippen LogP contribution in [0.2, 0.25) is 0 Å². The summed E-state index contributed by atoms with van der Waals surface area (Å²) in [7, 11) is 3.62. The minimum Gasteiger partial charge on any atom is -0.355 e. The molecule has 1 heterocycles. The van der Waals surface area contributed by atoms with Gasteiger partial charge in [0.25, 0.3) is 0 Å². The van der Waals surface area contributed by atoms with Crippen LogP contribution in [0.3, 0.4) is 0 Å². The summed E-state index contributed by atoms with van der Waals surface area (Å²) in [5, 5.41) is 13.2. The lowest BCUT2D eigenvalue weighted by molar-refractivity contribution is -0.120. The highest BCUT2D eigenvalue weighted by molar-refractivity contribution is 5.77. The topological polar surface area (TPSA) is 71.8 Å². The minimum absolute atomic E-state index is 0.00494. The van der Waals surface area contributed by atoms with Crippen LogP contribution in [-0.2, 0) is 18.3 Å². The number of likely N-dealkylation sites (N-methyl/N-ethyl adjacent to an activating group) is 1. The van der Waals surface area contributed by atoms with Gasteiger partial charge < -0.3 is 15.2 Å². The van der Waals surface area contributed by atoms with Crippen molar-refractivity contribution in [1.82, 2.24) is 25.4 Å². The van der Waals surface area contributed by atoms with Crippen LogP contribution in [-0.4, -0.2) is 40.8 Å². The fraction of sp³-hybridized carbons (Fsp3) is 0.625. The first-order valence-corrected chi connectivity index (χ1v) is 4.48. The summed E-state index contributed by atoms with van der Waals surface area (Å²) in [4.78, 5) is 11.0. The zero-order valence-electron chi connectivity index (χ0n) is 8.45. The van der Waals surface area contributed by atoms with Gasteiger partial charge in [-0.15, -0.1) is 10.2 Å². The first-order chi connectivity index (χ1) is 6.74. The summed E-state index contributed by atoms with van der Waals surface area (Å²) in [5.74, 6) is 0.865. The van der Waals surface area contributed by atoms with Gasteiger partial charge in [0.15, 0.2) is 0 Å². The molecule has 0 bridgehead atoms. The van der Waals surface area contributed by atoms with E-state index in [0.29, 0.717) is 19.5 Å². The highest BCUT2D eigenvalue weighted by Crippen LogP contribution is 1.90. The Morgan fingerprint density at radius 2 is 2.43 bits per heavy atom. The lowest BCUT2D eigenvalue weighted by atomic mass is 10.4. The van der Waals surface area contributed by atoms with E-state index in [2.05, 4.69) is 20.8 Å². The summed E-state index contributed by atoms with van der Waals surface area (Å²) in [6, 6.07) is 0. The van der Waals surface area contributed by atoms with Gasteiger partial charge in [-0.25, -0.2) is 0 Å². The van der Waals surface area contributed by atoms with Crippen molar-refractivity contribution < 1.29 is 4.79 Å². The maximum Gasteiger partial charge on any atom is 0.233 e. The number of nitrogens with zero attached hydrogens (tertiary/aromatic N) is 3. The first-order valence-electron chi connectivity index (χ1n) is 4.48. The van der Waals surface area contributed by atoms with Crippen molar-refractivity contribution in [1.29, 1.82) is 0 Å². The van der Waals surface area contributed by atoms with E-state index in [4.69, 9.17) is 0 Å². The van der Waals surface area contributed by atoms with Gasteiger partial charge in [-0.05, 0) is 7.05 Å². The number of amides is 1. The van der Waals surface area contributed by atoms with Crippen LogP contribution in [0.4, 0.5) is 0 Å². The Labute approximate surface area is 82.7 Å². The molecule has 1 rings (SSSR count). The molecule has 0 fully saturated rings. The predicted octanol–water partition coefficient (Wildman–Crippen LogP) is -1.31. The Kier molecular flexibility index (Phi) is 4.06. The highest BCUT2D eigenvalue weighted by atomic mass is 16.1. The molecule has 0 aliphatic rings. The third kappa shape index (κ3) is 3.14. The molecule has 0 atom stereocenters. The number of aromatic nitrogens is 3. The predicted molar refractivity (Wildman–Crippen MR) is 51.6 cm³/mol. The number of nitrogens with one attached hydrogen (secondary N) is 2. The third-order valence-electron chi connectivity index (χ3n) is 1.81. The van der Waals surface area contributed by atoms with E-state index in [1.807, 2.05) is 11.6 Å². The summed E-state index contributed by atoms with van der Waals surface area (Å²) in [6.45, 7) is 0.936. The Morgan fingerprint density at radius 1 is 1.64 bits per heavy atom. The van der Waals surface area contributed by atoms with E-state index in [-0.39, 0.29) is 5.91 Å². The second kappa shape index (κ2) is 5.33. The second-order valence-corrected chi connectivity index (χ2v) is 2.99. The summed E-state index contributed by atoms with van der Waals surface area (Å²) >= 11 is 0. The number of hydrogen-bond donors (Lipinski definition) is 2. The van der Waals surface area contributed by atoms with Gasteiger partial charge >= 0.3 is 0 Å². The molecule has 0 saturated carbocycles. The molecule has 6 heteroatoms. The second-order valence-electron chi connectivity index (χ2n) is 2.99. The molecule has 14 heavy (non-hydrogen) atoms. The number of rotatable bonds is 5. The zero-order valence-corrected chi connectivity index (χ0v) is 8.45. The summed E-state index contributed by atoms with van der Waals surface area (Å²) < 4.78 is 1.84. The standard InChI is InChI=1S/C8H15N5O/c1-9-5-8(14)10-4-3-7-12-11-6-13(7)2/h6,9H,3-5H2,1-2H3,(H,10,14). The van der Waals surface area contributed by atoms with Gasteiger partial charge in [-0.3, -0.25) is 4.79 Å². The van der Waals surface area contributed by atoms with Gasteiger partial charge in [0.1, 0.15) is 12.2 Å². The number of carbonyl (C=O) groups is 1. The van der Waals surface area contributed by atoms with E-state index >= 15 is 0 Å². The van der Waals surface area contributed by atoms with Gasteiger partial charge in [0.2, 0.25) is 5.91 Å². The fourth-order valence-corrected chi connectivity index (χ4v) is 1.07. The van der Waals surface area contributed by atoms with E-state index in [0.717, 1.165) is 5.82 Å². The molecule has 0 saturated heterocycles. The average Bonchev–Trinajstić information content (AvgIpc) is 2.52. The van der Waals surface area contributed by atoms with Gasteiger partial charge in [-0.2, -0.15) is 0 Å². The zero-order chi connectivity index (χ0) is 10.4. The maximum atomic E-state index is 11.0. The first kappa shape index (κ1) is 10.6. The van der Waals surface area contributed by atoms with Crippen LogP contribution in [0, 0.1) is 0 Å². The molecule has 78 valence electrons. The maximum absolute atomic E-state index is 11.0. The molecule has 1 aromatic heterocycles. The molecular weight excluding hydrogens is 182 g/mol. The van der Waals surface area contributed by atoms with Crippen molar-refractivity contribution in [3.8, 4) is 0 Å². The normalized spacial score (nSPS) is 10.1. The molecule has 1 amide bonds. The number of hydrogen-bond acceptors (Lipinski definition) is 4. The van der Waals surface area contributed by atoms with Crippen LogP contribution >= 0.6 is 0 Å². The molecule has 0 spiro atoms. The quantitative estimate of drug-likeness (QED) is 0.615. The molecule has 0 aliphatic carbocycles. The van der Waals surface area contributed by atoms with Crippen molar-refractivity contribution in [3.05, 3.63) is 12.2 Å². The van der Waals surface area contributed by atoms with Crippen molar-refractivity contribution in [3.63, 3.8) is 0 Å². The Balaban J connectivity index is 2.22. The molecule has 0 radical (unpaired) electrons. The van der Waals surface area contributed by atoms with E-state index < -0.39 is 0 Å². The summed E-state index contributed by atoms with van der Waals surface area (Å²) in [6.07, 6.45) is 2.34. The third-order valence-corrected chi connectivity index (χ3v) is 1.81. The van der Waals surface area contributed by atoms with Gasteiger partial charge in [0, 0.05) is 20.0 Å². The van der Waals surface area contributed by atoms with Crippen LogP contribution < -0.4 is 10.6 Å². The van der Waals surface area contributed by atoms with Crippen LogP contribution in [0.25, 0.3) is 0 Å². The van der Waals surface area contributed by atoms with Crippen LogP contribution in [0.1, 0.15) is 5.82 Å². The number of aryl methyl sites for hydroxylation is 1. The van der Waals surface area contributed by atoms with E-state index in [1.165, 1.54) is 0 Å². The molecular formula is C8H15N5O. The molecule has 6 nitrogen and oxygen atoms in total. The van der Waals surface area contributed by atoms with E-state index in [1.54, 1.807) is 13.4 Å². The minimum atomic E-state index is -0.00494. The molecule has 0 aliphatic heterocycles.